The Morgan fingerprint density at radius 3 is 2.44 bits per heavy atom. The maximum absolute atomic E-state index is 12.5. The number of hydrogen-bond donors (Lipinski definition) is 2. The Morgan fingerprint density at radius 2 is 1.74 bits per heavy atom. The third-order valence-electron chi connectivity index (χ3n) is 8.23. The van der Waals surface area contributed by atoms with Gasteiger partial charge in [-0.2, -0.15) is 0 Å². The Bertz CT molecular complexity index is 990. The van der Waals surface area contributed by atoms with Crippen LogP contribution in [0.3, 0.4) is 0 Å². The Hall–Kier alpha value is -1.56. The third kappa shape index (κ3) is 4.08. The second-order valence-corrected chi connectivity index (χ2v) is 12.5. The lowest BCUT2D eigenvalue weighted by Gasteiger charge is -2.33. The maximum atomic E-state index is 12.5. The van der Waals surface area contributed by atoms with E-state index < -0.39 is 0 Å². The van der Waals surface area contributed by atoms with Gasteiger partial charge >= 0.3 is 0 Å². The van der Waals surface area contributed by atoms with Crippen LogP contribution in [-0.4, -0.2) is 64.4 Å². The first kappa shape index (κ1) is 22.9. The van der Waals surface area contributed by atoms with E-state index >= 15 is 0 Å². The maximum Gasteiger partial charge on any atom is 0.231 e. The van der Waals surface area contributed by atoms with E-state index in [0.717, 1.165) is 42.3 Å². The van der Waals surface area contributed by atoms with Crippen LogP contribution in [0.15, 0.2) is 4.99 Å². The van der Waals surface area contributed by atoms with E-state index in [9.17, 15) is 9.59 Å². The van der Waals surface area contributed by atoms with Crippen LogP contribution in [0.25, 0.3) is 0 Å². The predicted molar refractivity (Wildman–Crippen MR) is 130 cm³/mol. The number of nitrogens with zero attached hydrogens (tertiary/aromatic N) is 3. The molecule has 0 bridgehead atoms. The molecule has 7 atom stereocenters. The zero-order valence-electron chi connectivity index (χ0n) is 19.3. The number of anilines is 1. The van der Waals surface area contributed by atoms with Gasteiger partial charge in [-0.1, -0.05) is 36.4 Å². The molecule has 5 aliphatic rings. The molecule has 2 saturated heterocycles. The Morgan fingerprint density at radius 1 is 1.00 bits per heavy atom. The molecule has 6 rings (SSSR count). The Labute approximate surface area is 207 Å². The zero-order chi connectivity index (χ0) is 23.3. The van der Waals surface area contributed by atoms with E-state index in [2.05, 4.69) is 27.8 Å². The molecule has 184 valence electrons. The van der Waals surface area contributed by atoms with Gasteiger partial charge in [0.2, 0.25) is 16.9 Å². The van der Waals surface area contributed by atoms with Gasteiger partial charge in [-0.05, 0) is 43.9 Å². The minimum Gasteiger partial charge on any atom is -0.381 e. The summed E-state index contributed by atoms with van der Waals surface area (Å²) in [6, 6.07) is 0.286. The molecule has 4 heterocycles. The van der Waals surface area contributed by atoms with E-state index in [-0.39, 0.29) is 34.4 Å². The van der Waals surface area contributed by atoms with Gasteiger partial charge in [0, 0.05) is 19.1 Å². The Balaban J connectivity index is 1.08. The van der Waals surface area contributed by atoms with Crippen molar-refractivity contribution in [1.29, 1.82) is 0 Å². The van der Waals surface area contributed by atoms with Gasteiger partial charge in [-0.15, -0.1) is 10.2 Å². The summed E-state index contributed by atoms with van der Waals surface area (Å²) >= 11 is 3.30. The molecular formula is C23H31N5O4S2. The molecule has 1 aromatic heterocycles. The van der Waals surface area contributed by atoms with Crippen LogP contribution < -0.4 is 10.6 Å². The topological polar surface area (TPSA) is 115 Å². The summed E-state index contributed by atoms with van der Waals surface area (Å²) in [5.74, 6) is 1.29. The highest BCUT2D eigenvalue weighted by Gasteiger charge is 2.70. The lowest BCUT2D eigenvalue weighted by molar-refractivity contribution is -0.123. The van der Waals surface area contributed by atoms with E-state index in [1.54, 1.807) is 11.8 Å². The summed E-state index contributed by atoms with van der Waals surface area (Å²) in [6.45, 7) is 4.60. The molecule has 2 amide bonds. The van der Waals surface area contributed by atoms with Crippen molar-refractivity contribution in [3.8, 4) is 0 Å². The van der Waals surface area contributed by atoms with Crippen molar-refractivity contribution < 1.29 is 19.1 Å². The standard InChI is InChI=1S/C23H31N5O4S2/c1-12-17-23(12,34-21(24-17)25-18(29)14-5-7-31-10-14)16-4-2-3-13(9-16)20-27-28-22(33-20)26-19(30)15-6-8-32-11-15/h12-17H,2-11H2,1H3,(H,24,25,29)(H,26,28,30). The summed E-state index contributed by atoms with van der Waals surface area (Å²) in [5, 5.41) is 17.1. The minimum absolute atomic E-state index is 0.0199. The van der Waals surface area contributed by atoms with Gasteiger partial charge in [-0.25, -0.2) is 0 Å². The zero-order valence-corrected chi connectivity index (χ0v) is 21.0. The van der Waals surface area contributed by atoms with Crippen LogP contribution in [0.4, 0.5) is 5.13 Å². The average molecular weight is 506 g/mol. The van der Waals surface area contributed by atoms with Gasteiger partial charge in [0.1, 0.15) is 5.01 Å². The minimum atomic E-state index is -0.0888. The van der Waals surface area contributed by atoms with Crippen molar-refractivity contribution >= 4 is 45.2 Å². The first-order valence-corrected chi connectivity index (χ1v) is 14.1. The first-order chi connectivity index (χ1) is 16.5. The van der Waals surface area contributed by atoms with Crippen LogP contribution >= 0.6 is 23.1 Å². The lowest BCUT2D eigenvalue weighted by Crippen LogP contribution is -2.36. The fourth-order valence-corrected chi connectivity index (χ4v) is 8.70. The monoisotopic (exact) mass is 505 g/mol. The SMILES string of the molecule is CC1C2N=C(NC(=O)C3CCOC3)SC12C1CCCC(c2nnc(NC(=O)C3CCOC3)s2)C1. The van der Waals surface area contributed by atoms with Crippen molar-refractivity contribution in [1.82, 2.24) is 15.5 Å². The smallest absolute Gasteiger partial charge is 0.231 e. The van der Waals surface area contributed by atoms with E-state index in [0.29, 0.717) is 49.3 Å². The molecule has 11 heteroatoms. The molecule has 2 N–H and O–H groups in total. The van der Waals surface area contributed by atoms with Gasteiger partial charge in [0.25, 0.3) is 0 Å². The number of thioether (sulfide) groups is 1. The summed E-state index contributed by atoms with van der Waals surface area (Å²) in [4.78, 5) is 29.8. The number of amides is 2. The molecule has 1 aromatic rings. The molecule has 9 nitrogen and oxygen atoms in total. The van der Waals surface area contributed by atoms with E-state index in [1.165, 1.54) is 17.8 Å². The molecular weight excluding hydrogens is 474 g/mol. The number of rotatable bonds is 5. The van der Waals surface area contributed by atoms with Gasteiger partial charge in [-0.3, -0.25) is 14.6 Å². The van der Waals surface area contributed by atoms with Crippen molar-refractivity contribution in [3.05, 3.63) is 5.01 Å². The van der Waals surface area contributed by atoms with Gasteiger partial charge < -0.3 is 20.1 Å². The quantitative estimate of drug-likeness (QED) is 0.632. The van der Waals surface area contributed by atoms with Gasteiger partial charge in [0.15, 0.2) is 5.17 Å². The number of carbonyl (C=O) groups is 2. The lowest BCUT2D eigenvalue weighted by atomic mass is 9.78. The molecule has 2 aliphatic carbocycles. The van der Waals surface area contributed by atoms with Crippen LogP contribution in [0.1, 0.15) is 56.4 Å². The average Bonchev–Trinajstić information content (AvgIpc) is 3.54. The van der Waals surface area contributed by atoms with E-state index in [4.69, 9.17) is 14.5 Å². The normalized spacial score (nSPS) is 38.9. The highest BCUT2D eigenvalue weighted by atomic mass is 32.2. The summed E-state index contributed by atoms with van der Waals surface area (Å²) < 4.78 is 10.8. The molecule has 7 unspecified atom stereocenters. The number of ether oxygens (including phenoxy) is 2. The number of aliphatic imine (C=N–C) groups is 1. The fraction of sp³-hybridized carbons (Fsp3) is 0.783. The summed E-state index contributed by atoms with van der Waals surface area (Å²) in [6.07, 6.45) is 6.04. The second kappa shape index (κ2) is 9.15. The van der Waals surface area contributed by atoms with Crippen molar-refractivity contribution in [2.45, 2.75) is 62.2 Å². The molecule has 34 heavy (non-hydrogen) atoms. The number of fused-ring (bicyclic) bond motifs is 1. The third-order valence-corrected chi connectivity index (χ3v) is 10.9. The van der Waals surface area contributed by atoms with Crippen LogP contribution in [-0.2, 0) is 19.1 Å². The number of hydrogen-bond acceptors (Lipinski definition) is 9. The van der Waals surface area contributed by atoms with Gasteiger partial charge in [0.05, 0.1) is 35.8 Å². The van der Waals surface area contributed by atoms with E-state index in [1.807, 2.05) is 0 Å². The van der Waals surface area contributed by atoms with Crippen molar-refractivity contribution in [2.75, 3.05) is 31.7 Å². The molecule has 2 saturated carbocycles. The Kier molecular flexibility index (Phi) is 6.15. The second-order valence-electron chi connectivity index (χ2n) is 10.2. The first-order valence-electron chi connectivity index (χ1n) is 12.4. The molecule has 0 aromatic carbocycles. The number of amidine groups is 1. The number of aromatic nitrogens is 2. The van der Waals surface area contributed by atoms with Crippen LogP contribution in [0.2, 0.25) is 0 Å². The predicted octanol–water partition coefficient (Wildman–Crippen LogP) is 2.80. The largest absolute Gasteiger partial charge is 0.381 e. The number of carbonyl (C=O) groups excluding carboxylic acids is 2. The summed E-state index contributed by atoms with van der Waals surface area (Å²) in [5.41, 5.74) is 0. The molecule has 0 radical (unpaired) electrons. The van der Waals surface area contributed by atoms with Crippen molar-refractivity contribution in [3.63, 3.8) is 0 Å². The molecule has 3 aliphatic heterocycles. The van der Waals surface area contributed by atoms with Crippen molar-refractivity contribution in [2.24, 2.45) is 28.7 Å². The molecule has 4 fully saturated rings. The molecule has 0 spiro atoms. The summed E-state index contributed by atoms with van der Waals surface area (Å²) in [7, 11) is 0. The van der Waals surface area contributed by atoms with Crippen LogP contribution in [0.5, 0.6) is 0 Å². The van der Waals surface area contributed by atoms with Crippen LogP contribution in [0, 0.1) is 23.7 Å². The fourth-order valence-electron chi connectivity index (χ4n) is 6.15. The number of nitrogens with one attached hydrogen (secondary N) is 2. The highest BCUT2D eigenvalue weighted by molar-refractivity contribution is 8.15. The highest BCUT2D eigenvalue weighted by Crippen LogP contribution is 2.67.